The molecule has 0 saturated carbocycles. The van der Waals surface area contributed by atoms with Gasteiger partial charge in [-0.05, 0) is 25.3 Å². The minimum Gasteiger partial charge on any atom is -0.350 e. The lowest BCUT2D eigenvalue weighted by Gasteiger charge is -2.06. The fourth-order valence-corrected chi connectivity index (χ4v) is 3.17. The molecule has 0 unspecified atom stereocenters. The third-order valence-corrected chi connectivity index (χ3v) is 4.43. The van der Waals surface area contributed by atoms with E-state index in [0.29, 0.717) is 24.5 Å². The molecule has 6 nitrogen and oxygen atoms in total. The summed E-state index contributed by atoms with van der Waals surface area (Å²) in [6.45, 7) is 0.485. The van der Waals surface area contributed by atoms with Crippen molar-refractivity contribution in [3.8, 4) is 11.3 Å². The van der Waals surface area contributed by atoms with Crippen molar-refractivity contribution in [2.45, 2.75) is 25.7 Å². The molecule has 2 heterocycles. The van der Waals surface area contributed by atoms with Gasteiger partial charge in [0.2, 0.25) is 0 Å². The molecule has 3 aromatic rings. The molecule has 1 aromatic carbocycles. The van der Waals surface area contributed by atoms with E-state index in [4.69, 9.17) is 0 Å². The number of fused-ring (bicyclic) bond motifs is 1. The first-order valence-electron chi connectivity index (χ1n) is 8.53. The van der Waals surface area contributed by atoms with E-state index in [-0.39, 0.29) is 5.91 Å². The van der Waals surface area contributed by atoms with Gasteiger partial charge >= 0.3 is 0 Å². The van der Waals surface area contributed by atoms with Gasteiger partial charge in [0.15, 0.2) is 5.69 Å². The Morgan fingerprint density at radius 1 is 1.16 bits per heavy atom. The molecule has 4 rings (SSSR count). The molecule has 0 spiro atoms. The number of rotatable bonds is 5. The first-order chi connectivity index (χ1) is 12.3. The normalized spacial score (nSPS) is 12.8. The quantitative estimate of drug-likeness (QED) is 0.750. The highest BCUT2D eigenvalue weighted by atomic mass is 16.1. The van der Waals surface area contributed by atoms with E-state index in [1.54, 1.807) is 6.20 Å². The third kappa shape index (κ3) is 3.28. The topological polar surface area (TPSA) is 83.6 Å². The Balaban J connectivity index is 1.38. The van der Waals surface area contributed by atoms with Gasteiger partial charge in [-0.25, -0.2) is 9.97 Å². The van der Waals surface area contributed by atoms with Crippen molar-refractivity contribution in [1.82, 2.24) is 25.5 Å². The fraction of sp³-hybridized carbons (Fsp3) is 0.263. The van der Waals surface area contributed by atoms with Gasteiger partial charge in [0.25, 0.3) is 5.91 Å². The lowest BCUT2D eigenvalue weighted by molar-refractivity contribution is 0.0948. The van der Waals surface area contributed by atoms with Crippen LogP contribution in [0.4, 0.5) is 0 Å². The molecule has 0 fully saturated rings. The summed E-state index contributed by atoms with van der Waals surface area (Å²) >= 11 is 0. The van der Waals surface area contributed by atoms with Crippen molar-refractivity contribution in [3.05, 3.63) is 65.4 Å². The summed E-state index contributed by atoms with van der Waals surface area (Å²) in [6.07, 6.45) is 5.34. The van der Waals surface area contributed by atoms with Gasteiger partial charge in [0, 0.05) is 36.0 Å². The van der Waals surface area contributed by atoms with E-state index in [2.05, 4.69) is 25.5 Å². The van der Waals surface area contributed by atoms with E-state index >= 15 is 0 Å². The number of aromatic amines is 1. The SMILES string of the molecule is O=C(NCCc1nccc(-c2ccccc2)n1)c1n[nH]c2c1CCC2. The average Bonchev–Trinajstić information content (AvgIpc) is 3.26. The zero-order valence-corrected chi connectivity index (χ0v) is 13.8. The lowest BCUT2D eigenvalue weighted by Crippen LogP contribution is -2.27. The Bertz CT molecular complexity index is 888. The van der Waals surface area contributed by atoms with Crippen LogP contribution in [0.15, 0.2) is 42.6 Å². The highest BCUT2D eigenvalue weighted by Gasteiger charge is 2.22. The summed E-state index contributed by atoms with van der Waals surface area (Å²) in [5, 5.41) is 10.0. The van der Waals surface area contributed by atoms with Crippen molar-refractivity contribution in [1.29, 1.82) is 0 Å². The van der Waals surface area contributed by atoms with Crippen LogP contribution in [-0.2, 0) is 19.3 Å². The molecule has 126 valence electrons. The molecular weight excluding hydrogens is 314 g/mol. The van der Waals surface area contributed by atoms with Gasteiger partial charge in [-0.1, -0.05) is 30.3 Å². The van der Waals surface area contributed by atoms with Gasteiger partial charge in [-0.3, -0.25) is 9.89 Å². The molecule has 0 aliphatic heterocycles. The minimum absolute atomic E-state index is 0.126. The van der Waals surface area contributed by atoms with Crippen LogP contribution in [-0.4, -0.2) is 32.6 Å². The molecule has 0 radical (unpaired) electrons. The first kappa shape index (κ1) is 15.5. The second-order valence-corrected chi connectivity index (χ2v) is 6.11. The van der Waals surface area contributed by atoms with Crippen LogP contribution >= 0.6 is 0 Å². The van der Waals surface area contributed by atoms with Gasteiger partial charge in [-0.15, -0.1) is 0 Å². The van der Waals surface area contributed by atoms with E-state index < -0.39 is 0 Å². The summed E-state index contributed by atoms with van der Waals surface area (Å²) < 4.78 is 0. The van der Waals surface area contributed by atoms with Crippen molar-refractivity contribution in [2.75, 3.05) is 6.54 Å². The Hall–Kier alpha value is -3.02. The van der Waals surface area contributed by atoms with E-state index in [1.165, 1.54) is 0 Å². The lowest BCUT2D eigenvalue weighted by atomic mass is 10.1. The van der Waals surface area contributed by atoms with Crippen LogP contribution in [0.5, 0.6) is 0 Å². The number of H-pyrrole nitrogens is 1. The second kappa shape index (κ2) is 6.84. The van der Waals surface area contributed by atoms with Crippen LogP contribution in [0.2, 0.25) is 0 Å². The van der Waals surface area contributed by atoms with Crippen molar-refractivity contribution < 1.29 is 4.79 Å². The Kier molecular flexibility index (Phi) is 4.24. The number of nitrogens with one attached hydrogen (secondary N) is 2. The van der Waals surface area contributed by atoms with Gasteiger partial charge in [-0.2, -0.15) is 5.10 Å². The van der Waals surface area contributed by atoms with Crippen LogP contribution < -0.4 is 5.32 Å². The Morgan fingerprint density at radius 3 is 2.92 bits per heavy atom. The summed E-state index contributed by atoms with van der Waals surface area (Å²) in [5.41, 5.74) is 4.65. The minimum atomic E-state index is -0.126. The highest BCUT2D eigenvalue weighted by molar-refractivity contribution is 5.94. The Labute approximate surface area is 145 Å². The van der Waals surface area contributed by atoms with Gasteiger partial charge in [0.05, 0.1) is 5.69 Å². The molecule has 0 atom stereocenters. The number of hydrogen-bond acceptors (Lipinski definition) is 4. The van der Waals surface area contributed by atoms with Gasteiger partial charge < -0.3 is 5.32 Å². The number of aromatic nitrogens is 4. The molecule has 6 heteroatoms. The zero-order valence-electron chi connectivity index (χ0n) is 13.8. The molecule has 0 saturated heterocycles. The van der Waals surface area contributed by atoms with E-state index in [1.807, 2.05) is 36.4 Å². The van der Waals surface area contributed by atoms with Crippen LogP contribution in [0, 0.1) is 0 Å². The van der Waals surface area contributed by atoms with Crippen molar-refractivity contribution in [2.24, 2.45) is 0 Å². The maximum Gasteiger partial charge on any atom is 0.272 e. The van der Waals surface area contributed by atoms with Crippen LogP contribution in [0.25, 0.3) is 11.3 Å². The molecule has 2 N–H and O–H groups in total. The second-order valence-electron chi connectivity index (χ2n) is 6.11. The highest BCUT2D eigenvalue weighted by Crippen LogP contribution is 2.22. The van der Waals surface area contributed by atoms with Crippen molar-refractivity contribution >= 4 is 5.91 Å². The first-order valence-corrected chi connectivity index (χ1v) is 8.53. The predicted octanol–water partition coefficient (Wildman–Crippen LogP) is 2.33. The maximum absolute atomic E-state index is 12.3. The zero-order chi connectivity index (χ0) is 17.1. The van der Waals surface area contributed by atoms with E-state index in [9.17, 15) is 4.79 Å². The largest absolute Gasteiger partial charge is 0.350 e. The fourth-order valence-electron chi connectivity index (χ4n) is 3.17. The number of nitrogens with zero attached hydrogens (tertiary/aromatic N) is 3. The van der Waals surface area contributed by atoms with Crippen LogP contribution in [0.3, 0.4) is 0 Å². The summed E-state index contributed by atoms with van der Waals surface area (Å²) in [6, 6.07) is 11.9. The number of carbonyl (C=O) groups excluding carboxylic acids is 1. The molecule has 0 bridgehead atoms. The standard InChI is InChI=1S/C19H19N5O/c25-19(18-14-7-4-8-16(14)23-24-18)21-12-10-17-20-11-9-15(22-17)13-5-2-1-3-6-13/h1-3,5-6,9,11H,4,7-8,10,12H2,(H,21,25)(H,23,24). The third-order valence-electron chi connectivity index (χ3n) is 4.43. The number of aryl methyl sites for hydroxylation is 1. The molecule has 1 aliphatic rings. The molecule has 2 aromatic heterocycles. The number of benzene rings is 1. The smallest absolute Gasteiger partial charge is 0.272 e. The molecule has 25 heavy (non-hydrogen) atoms. The van der Waals surface area contributed by atoms with Crippen LogP contribution in [0.1, 0.15) is 34.0 Å². The molecule has 1 amide bonds. The molecular formula is C19H19N5O. The molecule has 1 aliphatic carbocycles. The summed E-state index contributed by atoms with van der Waals surface area (Å²) in [5.74, 6) is 0.590. The maximum atomic E-state index is 12.3. The summed E-state index contributed by atoms with van der Waals surface area (Å²) in [4.78, 5) is 21.2. The average molecular weight is 333 g/mol. The number of carbonyl (C=O) groups is 1. The number of hydrogen-bond donors (Lipinski definition) is 2. The summed E-state index contributed by atoms with van der Waals surface area (Å²) in [7, 11) is 0. The monoisotopic (exact) mass is 333 g/mol. The van der Waals surface area contributed by atoms with Crippen molar-refractivity contribution in [3.63, 3.8) is 0 Å². The predicted molar refractivity (Wildman–Crippen MR) is 94.1 cm³/mol. The van der Waals surface area contributed by atoms with Gasteiger partial charge in [0.1, 0.15) is 5.82 Å². The van der Waals surface area contributed by atoms with E-state index in [0.717, 1.165) is 41.8 Å². The Morgan fingerprint density at radius 2 is 2.04 bits per heavy atom. The number of amides is 1.